The lowest BCUT2D eigenvalue weighted by Gasteiger charge is -2.03. The lowest BCUT2D eigenvalue weighted by Crippen LogP contribution is -2.10. The summed E-state index contributed by atoms with van der Waals surface area (Å²) in [5.74, 6) is 1.20. The Morgan fingerprint density at radius 1 is 1.64 bits per heavy atom. The first kappa shape index (κ1) is 9.61. The number of ether oxygens (including phenoxy) is 1. The van der Waals surface area contributed by atoms with Crippen LogP contribution >= 0.6 is 0 Å². The van der Waals surface area contributed by atoms with Crippen LogP contribution in [-0.2, 0) is 11.2 Å². The molecule has 0 radical (unpaired) electrons. The molecule has 1 aromatic rings. The zero-order valence-corrected chi connectivity index (χ0v) is 8.27. The van der Waals surface area contributed by atoms with Gasteiger partial charge in [0.05, 0.1) is 18.6 Å². The molecule has 5 nitrogen and oxygen atoms in total. The normalized spacial score (nSPS) is 24.0. The Labute approximate surface area is 82.6 Å². The quantitative estimate of drug-likeness (QED) is 0.776. The first-order chi connectivity index (χ1) is 6.75. The van der Waals surface area contributed by atoms with Crippen LogP contribution in [0.5, 0.6) is 0 Å². The fourth-order valence-corrected chi connectivity index (χ4v) is 1.54. The summed E-state index contributed by atoms with van der Waals surface area (Å²) in [4.78, 5) is 4.19. The molecular formula is C9H15N3O2. The van der Waals surface area contributed by atoms with Crippen LogP contribution in [0.3, 0.4) is 0 Å². The summed E-state index contributed by atoms with van der Waals surface area (Å²) in [6.45, 7) is 2.68. The monoisotopic (exact) mass is 197 g/mol. The van der Waals surface area contributed by atoms with Crippen LogP contribution < -0.4 is 5.73 Å². The van der Waals surface area contributed by atoms with Crippen molar-refractivity contribution >= 4 is 0 Å². The third-order valence-electron chi connectivity index (χ3n) is 2.32. The Morgan fingerprint density at radius 2 is 2.50 bits per heavy atom. The highest BCUT2D eigenvalue weighted by Gasteiger charge is 2.19. The zero-order chi connectivity index (χ0) is 9.97. The van der Waals surface area contributed by atoms with Gasteiger partial charge in [0.25, 0.3) is 0 Å². The Hall–Kier alpha value is -0.940. The minimum Gasteiger partial charge on any atom is -0.378 e. The largest absolute Gasteiger partial charge is 0.378 e. The molecule has 2 N–H and O–H groups in total. The van der Waals surface area contributed by atoms with Gasteiger partial charge < -0.3 is 15.0 Å². The fraction of sp³-hybridized carbons (Fsp3) is 0.778. The molecule has 2 unspecified atom stereocenters. The van der Waals surface area contributed by atoms with Crippen LogP contribution in [0.15, 0.2) is 4.52 Å². The van der Waals surface area contributed by atoms with Crippen molar-refractivity contribution in [1.29, 1.82) is 0 Å². The molecule has 1 aliphatic rings. The Balaban J connectivity index is 1.95. The molecule has 2 atom stereocenters. The third-order valence-corrected chi connectivity index (χ3v) is 2.32. The van der Waals surface area contributed by atoms with Crippen LogP contribution in [-0.4, -0.2) is 22.9 Å². The average Bonchev–Trinajstić information content (AvgIpc) is 2.75. The minimum absolute atomic E-state index is 0.169. The first-order valence-corrected chi connectivity index (χ1v) is 4.95. The van der Waals surface area contributed by atoms with Gasteiger partial charge in [-0.1, -0.05) is 5.16 Å². The lowest BCUT2D eigenvalue weighted by molar-refractivity contribution is 0.104. The van der Waals surface area contributed by atoms with Gasteiger partial charge in [0.1, 0.15) is 0 Å². The fourth-order valence-electron chi connectivity index (χ4n) is 1.54. The molecule has 0 amide bonds. The van der Waals surface area contributed by atoms with E-state index in [1.165, 1.54) is 0 Å². The second-order valence-electron chi connectivity index (χ2n) is 3.67. The molecule has 78 valence electrons. The molecule has 0 bridgehead atoms. The van der Waals surface area contributed by atoms with Crippen molar-refractivity contribution in [3.05, 3.63) is 11.7 Å². The predicted octanol–water partition coefficient (Wildman–Crippen LogP) is 0.811. The first-order valence-electron chi connectivity index (χ1n) is 4.95. The number of rotatable bonds is 3. The summed E-state index contributed by atoms with van der Waals surface area (Å²) >= 11 is 0. The summed E-state index contributed by atoms with van der Waals surface area (Å²) in [6.07, 6.45) is 3.16. The van der Waals surface area contributed by atoms with Crippen LogP contribution in [0.25, 0.3) is 0 Å². The maximum absolute atomic E-state index is 5.62. The Morgan fingerprint density at radius 3 is 3.07 bits per heavy atom. The van der Waals surface area contributed by atoms with E-state index in [4.69, 9.17) is 15.0 Å². The third kappa shape index (κ3) is 2.10. The molecule has 1 saturated heterocycles. The van der Waals surface area contributed by atoms with Crippen molar-refractivity contribution < 1.29 is 9.26 Å². The zero-order valence-electron chi connectivity index (χ0n) is 8.27. The summed E-state index contributed by atoms with van der Waals surface area (Å²) in [5, 5.41) is 3.79. The van der Waals surface area contributed by atoms with E-state index < -0.39 is 0 Å². The minimum atomic E-state index is -0.169. The van der Waals surface area contributed by atoms with Crippen molar-refractivity contribution in [3.8, 4) is 0 Å². The number of nitrogens with two attached hydrogens (primary N) is 1. The van der Waals surface area contributed by atoms with E-state index in [9.17, 15) is 0 Å². The van der Waals surface area contributed by atoms with Gasteiger partial charge in [-0.05, 0) is 19.8 Å². The summed E-state index contributed by atoms with van der Waals surface area (Å²) in [6, 6.07) is -0.169. The molecule has 1 aromatic heterocycles. The molecule has 0 spiro atoms. The Bertz CT molecular complexity index is 292. The van der Waals surface area contributed by atoms with E-state index in [0.29, 0.717) is 18.1 Å². The molecule has 14 heavy (non-hydrogen) atoms. The van der Waals surface area contributed by atoms with E-state index in [1.54, 1.807) is 0 Å². The standard InChI is InChI=1S/C9H15N3O2/c1-6(10)9-11-8(14-12-9)5-7-3-2-4-13-7/h6-7H,2-5,10H2,1H3. The van der Waals surface area contributed by atoms with Crippen LogP contribution in [0.2, 0.25) is 0 Å². The number of nitrogens with zero attached hydrogens (tertiary/aromatic N) is 2. The van der Waals surface area contributed by atoms with E-state index in [1.807, 2.05) is 6.92 Å². The molecule has 2 rings (SSSR count). The van der Waals surface area contributed by atoms with Gasteiger partial charge >= 0.3 is 0 Å². The van der Waals surface area contributed by atoms with Gasteiger partial charge in [-0.25, -0.2) is 0 Å². The summed E-state index contributed by atoms with van der Waals surface area (Å²) in [5.41, 5.74) is 5.62. The number of aromatic nitrogens is 2. The van der Waals surface area contributed by atoms with Crippen molar-refractivity contribution in [1.82, 2.24) is 10.1 Å². The highest BCUT2D eigenvalue weighted by atomic mass is 16.5. The highest BCUT2D eigenvalue weighted by molar-refractivity contribution is 4.92. The highest BCUT2D eigenvalue weighted by Crippen LogP contribution is 2.16. The molecule has 2 heterocycles. The number of hydrogen-bond acceptors (Lipinski definition) is 5. The van der Waals surface area contributed by atoms with E-state index in [2.05, 4.69) is 10.1 Å². The average molecular weight is 197 g/mol. The predicted molar refractivity (Wildman–Crippen MR) is 49.6 cm³/mol. The van der Waals surface area contributed by atoms with Crippen molar-refractivity contribution in [2.75, 3.05) is 6.61 Å². The van der Waals surface area contributed by atoms with Gasteiger partial charge in [-0.2, -0.15) is 4.98 Å². The molecular weight excluding hydrogens is 182 g/mol. The maximum atomic E-state index is 5.62. The van der Waals surface area contributed by atoms with Crippen LogP contribution in [0.1, 0.15) is 37.5 Å². The van der Waals surface area contributed by atoms with Gasteiger partial charge in [-0.15, -0.1) is 0 Å². The molecule has 1 fully saturated rings. The van der Waals surface area contributed by atoms with Crippen molar-refractivity contribution in [2.24, 2.45) is 5.73 Å². The molecule has 5 heteroatoms. The van der Waals surface area contributed by atoms with Gasteiger partial charge in [-0.3, -0.25) is 0 Å². The SMILES string of the molecule is CC(N)c1noc(CC2CCCO2)n1. The smallest absolute Gasteiger partial charge is 0.229 e. The van der Waals surface area contributed by atoms with E-state index in [0.717, 1.165) is 19.4 Å². The second-order valence-corrected chi connectivity index (χ2v) is 3.67. The van der Waals surface area contributed by atoms with E-state index in [-0.39, 0.29) is 12.1 Å². The van der Waals surface area contributed by atoms with Crippen molar-refractivity contribution in [3.63, 3.8) is 0 Å². The van der Waals surface area contributed by atoms with Crippen molar-refractivity contribution in [2.45, 2.75) is 38.3 Å². The molecule has 0 saturated carbocycles. The summed E-state index contributed by atoms with van der Waals surface area (Å²) < 4.78 is 10.5. The van der Waals surface area contributed by atoms with E-state index >= 15 is 0 Å². The number of hydrogen-bond donors (Lipinski definition) is 1. The lowest BCUT2D eigenvalue weighted by atomic mass is 10.2. The molecule has 1 aliphatic heterocycles. The van der Waals surface area contributed by atoms with Crippen LogP contribution in [0.4, 0.5) is 0 Å². The topological polar surface area (TPSA) is 74.2 Å². The summed E-state index contributed by atoms with van der Waals surface area (Å²) in [7, 11) is 0. The van der Waals surface area contributed by atoms with Crippen LogP contribution in [0, 0.1) is 0 Å². The maximum Gasteiger partial charge on any atom is 0.229 e. The second kappa shape index (κ2) is 4.06. The van der Waals surface area contributed by atoms with Gasteiger partial charge in [0.2, 0.25) is 5.89 Å². The van der Waals surface area contributed by atoms with Gasteiger partial charge in [0, 0.05) is 6.61 Å². The Kier molecular flexibility index (Phi) is 2.79. The van der Waals surface area contributed by atoms with Gasteiger partial charge in [0.15, 0.2) is 5.82 Å². The molecule has 0 aromatic carbocycles. The molecule has 0 aliphatic carbocycles.